The SMILES string of the molecule is O=C(O)c1sc(Nc2ccc3c(c2)OCO3)nc1-c1ccccc1. The Bertz CT molecular complexity index is 908. The molecule has 24 heavy (non-hydrogen) atoms. The molecule has 4 rings (SSSR count). The quantitative estimate of drug-likeness (QED) is 0.748. The molecular formula is C17H12N2O4S. The van der Waals surface area contributed by atoms with Crippen molar-refractivity contribution < 1.29 is 19.4 Å². The summed E-state index contributed by atoms with van der Waals surface area (Å²) in [5, 5.41) is 13.1. The molecule has 3 aromatic rings. The van der Waals surface area contributed by atoms with Gasteiger partial charge in [0.1, 0.15) is 4.88 Å². The number of carbonyl (C=O) groups is 1. The Morgan fingerprint density at radius 3 is 2.71 bits per heavy atom. The van der Waals surface area contributed by atoms with Gasteiger partial charge in [0, 0.05) is 17.3 Å². The van der Waals surface area contributed by atoms with Crippen molar-refractivity contribution in [3.63, 3.8) is 0 Å². The molecule has 0 amide bonds. The van der Waals surface area contributed by atoms with Gasteiger partial charge in [-0.05, 0) is 12.1 Å². The number of aromatic carboxylic acids is 1. The number of thiazole rings is 1. The number of anilines is 2. The van der Waals surface area contributed by atoms with E-state index in [-0.39, 0.29) is 11.7 Å². The van der Waals surface area contributed by atoms with Crippen molar-refractivity contribution in [3.05, 3.63) is 53.4 Å². The highest BCUT2D eigenvalue weighted by Crippen LogP contribution is 2.37. The summed E-state index contributed by atoms with van der Waals surface area (Å²) < 4.78 is 10.6. The van der Waals surface area contributed by atoms with E-state index in [9.17, 15) is 9.90 Å². The standard InChI is InChI=1S/C17H12N2O4S/c20-16(21)15-14(10-4-2-1-3-5-10)19-17(24-15)18-11-6-7-12-13(8-11)23-9-22-12/h1-8H,9H2,(H,18,19)(H,20,21). The third-order valence-electron chi connectivity index (χ3n) is 3.49. The first-order valence-electron chi connectivity index (χ1n) is 7.17. The highest BCUT2D eigenvalue weighted by atomic mass is 32.1. The number of aromatic nitrogens is 1. The molecule has 0 saturated heterocycles. The highest BCUT2D eigenvalue weighted by Gasteiger charge is 2.19. The van der Waals surface area contributed by atoms with Gasteiger partial charge in [0.15, 0.2) is 16.6 Å². The van der Waals surface area contributed by atoms with Crippen LogP contribution in [0.4, 0.5) is 10.8 Å². The molecular weight excluding hydrogens is 328 g/mol. The number of benzene rings is 2. The number of fused-ring (bicyclic) bond motifs is 1. The Balaban J connectivity index is 1.68. The second kappa shape index (κ2) is 5.86. The van der Waals surface area contributed by atoms with Crippen LogP contribution < -0.4 is 14.8 Å². The molecule has 0 bridgehead atoms. The molecule has 0 spiro atoms. The summed E-state index contributed by atoms with van der Waals surface area (Å²) in [4.78, 5) is 16.2. The summed E-state index contributed by atoms with van der Waals surface area (Å²) in [6, 6.07) is 14.7. The fourth-order valence-corrected chi connectivity index (χ4v) is 3.25. The molecule has 0 saturated carbocycles. The smallest absolute Gasteiger partial charge is 0.348 e. The van der Waals surface area contributed by atoms with Gasteiger partial charge in [-0.2, -0.15) is 0 Å². The first-order valence-corrected chi connectivity index (χ1v) is 7.98. The van der Waals surface area contributed by atoms with Gasteiger partial charge >= 0.3 is 5.97 Å². The third-order valence-corrected chi connectivity index (χ3v) is 4.45. The molecule has 1 aromatic heterocycles. The monoisotopic (exact) mass is 340 g/mol. The van der Waals surface area contributed by atoms with Crippen LogP contribution in [0.15, 0.2) is 48.5 Å². The molecule has 1 aliphatic heterocycles. The van der Waals surface area contributed by atoms with Crippen molar-refractivity contribution in [2.24, 2.45) is 0 Å². The molecule has 2 aromatic carbocycles. The normalized spacial score (nSPS) is 12.2. The lowest BCUT2D eigenvalue weighted by Gasteiger charge is -2.03. The highest BCUT2D eigenvalue weighted by molar-refractivity contribution is 7.18. The molecule has 0 radical (unpaired) electrons. The molecule has 2 heterocycles. The summed E-state index contributed by atoms with van der Waals surface area (Å²) >= 11 is 1.10. The number of carboxylic acids is 1. The van der Waals surface area contributed by atoms with Gasteiger partial charge in [0.25, 0.3) is 0 Å². The maximum Gasteiger partial charge on any atom is 0.348 e. The Morgan fingerprint density at radius 2 is 1.92 bits per heavy atom. The van der Waals surface area contributed by atoms with Crippen molar-refractivity contribution >= 4 is 28.1 Å². The molecule has 120 valence electrons. The van der Waals surface area contributed by atoms with Gasteiger partial charge in [-0.15, -0.1) is 0 Å². The minimum absolute atomic E-state index is 0.199. The average molecular weight is 340 g/mol. The van der Waals surface area contributed by atoms with Gasteiger partial charge in [-0.1, -0.05) is 41.7 Å². The van der Waals surface area contributed by atoms with Crippen LogP contribution in [0.25, 0.3) is 11.3 Å². The molecule has 0 fully saturated rings. The van der Waals surface area contributed by atoms with E-state index in [0.29, 0.717) is 22.3 Å². The maximum atomic E-state index is 11.5. The van der Waals surface area contributed by atoms with Gasteiger partial charge < -0.3 is 19.9 Å². The van der Waals surface area contributed by atoms with Gasteiger partial charge in [-0.3, -0.25) is 0 Å². The zero-order chi connectivity index (χ0) is 16.5. The van der Waals surface area contributed by atoms with E-state index in [1.165, 1.54) is 0 Å². The molecule has 2 N–H and O–H groups in total. The van der Waals surface area contributed by atoms with Crippen LogP contribution in [-0.4, -0.2) is 22.9 Å². The molecule has 0 aliphatic carbocycles. The first kappa shape index (κ1) is 14.5. The van der Waals surface area contributed by atoms with Crippen molar-refractivity contribution in [3.8, 4) is 22.8 Å². The summed E-state index contributed by atoms with van der Waals surface area (Å²) in [5.41, 5.74) is 1.98. The molecule has 1 aliphatic rings. The second-order valence-electron chi connectivity index (χ2n) is 5.06. The predicted molar refractivity (Wildman–Crippen MR) is 90.4 cm³/mol. The van der Waals surface area contributed by atoms with Gasteiger partial charge in [-0.25, -0.2) is 9.78 Å². The fourth-order valence-electron chi connectivity index (χ4n) is 2.41. The van der Waals surface area contributed by atoms with E-state index in [2.05, 4.69) is 10.3 Å². The number of nitrogens with one attached hydrogen (secondary N) is 1. The number of carboxylic acid groups (broad SMARTS) is 1. The third kappa shape index (κ3) is 2.65. The summed E-state index contributed by atoms with van der Waals surface area (Å²) in [5.74, 6) is 0.347. The number of rotatable bonds is 4. The van der Waals surface area contributed by atoms with Crippen LogP contribution in [0.2, 0.25) is 0 Å². The van der Waals surface area contributed by atoms with Crippen LogP contribution in [0.3, 0.4) is 0 Å². The van der Waals surface area contributed by atoms with E-state index in [1.54, 1.807) is 12.1 Å². The summed E-state index contributed by atoms with van der Waals surface area (Å²) in [6.07, 6.45) is 0. The molecule has 0 unspecified atom stereocenters. The molecule has 7 heteroatoms. The molecule has 6 nitrogen and oxygen atoms in total. The van der Waals surface area contributed by atoms with E-state index in [0.717, 1.165) is 22.6 Å². The van der Waals surface area contributed by atoms with E-state index >= 15 is 0 Å². The van der Waals surface area contributed by atoms with E-state index in [1.807, 2.05) is 36.4 Å². The fraction of sp³-hybridized carbons (Fsp3) is 0.0588. The summed E-state index contributed by atoms with van der Waals surface area (Å²) in [7, 11) is 0. The van der Waals surface area contributed by atoms with Crippen LogP contribution >= 0.6 is 11.3 Å². The van der Waals surface area contributed by atoms with Crippen LogP contribution in [0.1, 0.15) is 9.67 Å². The Morgan fingerprint density at radius 1 is 1.12 bits per heavy atom. The Kier molecular flexibility index (Phi) is 3.55. The van der Waals surface area contributed by atoms with Crippen LogP contribution in [-0.2, 0) is 0 Å². The lowest BCUT2D eigenvalue weighted by molar-refractivity contribution is 0.0702. The lowest BCUT2D eigenvalue weighted by Crippen LogP contribution is -1.95. The number of nitrogens with zero attached hydrogens (tertiary/aromatic N) is 1. The van der Waals surface area contributed by atoms with Crippen molar-refractivity contribution in [2.45, 2.75) is 0 Å². The number of ether oxygens (including phenoxy) is 2. The zero-order valence-corrected chi connectivity index (χ0v) is 13.2. The molecule has 0 atom stereocenters. The lowest BCUT2D eigenvalue weighted by atomic mass is 10.1. The van der Waals surface area contributed by atoms with Crippen molar-refractivity contribution in [1.29, 1.82) is 0 Å². The van der Waals surface area contributed by atoms with Crippen molar-refractivity contribution in [2.75, 3.05) is 12.1 Å². The summed E-state index contributed by atoms with van der Waals surface area (Å²) in [6.45, 7) is 0.206. The Hall–Kier alpha value is -3.06. The first-order chi connectivity index (χ1) is 11.7. The number of hydrogen-bond acceptors (Lipinski definition) is 6. The second-order valence-corrected chi connectivity index (χ2v) is 6.06. The number of hydrogen-bond donors (Lipinski definition) is 2. The van der Waals surface area contributed by atoms with Crippen LogP contribution in [0.5, 0.6) is 11.5 Å². The Labute approximate surface area is 141 Å². The van der Waals surface area contributed by atoms with Gasteiger partial charge in [0.2, 0.25) is 6.79 Å². The van der Waals surface area contributed by atoms with Gasteiger partial charge in [0.05, 0.1) is 5.69 Å². The van der Waals surface area contributed by atoms with Crippen molar-refractivity contribution in [1.82, 2.24) is 4.98 Å². The van der Waals surface area contributed by atoms with E-state index < -0.39 is 5.97 Å². The maximum absolute atomic E-state index is 11.5. The van der Waals surface area contributed by atoms with Crippen LogP contribution in [0, 0.1) is 0 Å². The minimum Gasteiger partial charge on any atom is -0.477 e. The topological polar surface area (TPSA) is 80.7 Å². The largest absolute Gasteiger partial charge is 0.477 e. The van der Waals surface area contributed by atoms with E-state index in [4.69, 9.17) is 9.47 Å². The predicted octanol–water partition coefficient (Wildman–Crippen LogP) is 3.98. The zero-order valence-electron chi connectivity index (χ0n) is 12.4. The average Bonchev–Trinajstić information content (AvgIpc) is 3.22. The minimum atomic E-state index is -0.995.